The SMILES string of the molecule is CC[C@H](C(=O)NC)N(Cc1cccc(OC)c1)C(=O)CN(c1c(C)cccc1C)S(C)(=O)=O. The number of rotatable bonds is 10. The number of hydrogen-bond acceptors (Lipinski definition) is 5. The Balaban J connectivity index is 2.50. The van der Waals surface area contributed by atoms with E-state index in [9.17, 15) is 18.0 Å². The van der Waals surface area contributed by atoms with Gasteiger partial charge >= 0.3 is 0 Å². The Labute approximate surface area is 196 Å². The number of ether oxygens (including phenoxy) is 1. The van der Waals surface area contributed by atoms with Gasteiger partial charge < -0.3 is 15.0 Å². The number of hydrogen-bond donors (Lipinski definition) is 1. The van der Waals surface area contributed by atoms with Crippen LogP contribution in [0.2, 0.25) is 0 Å². The van der Waals surface area contributed by atoms with Gasteiger partial charge in [0.1, 0.15) is 18.3 Å². The summed E-state index contributed by atoms with van der Waals surface area (Å²) in [7, 11) is -0.704. The molecule has 2 aromatic rings. The van der Waals surface area contributed by atoms with Crippen LogP contribution in [0.15, 0.2) is 42.5 Å². The smallest absolute Gasteiger partial charge is 0.244 e. The van der Waals surface area contributed by atoms with Crippen molar-refractivity contribution in [3.63, 3.8) is 0 Å². The molecule has 0 saturated heterocycles. The molecule has 9 heteroatoms. The van der Waals surface area contributed by atoms with Crippen LogP contribution in [0.4, 0.5) is 5.69 Å². The van der Waals surface area contributed by atoms with Crippen molar-refractivity contribution >= 4 is 27.5 Å². The molecule has 1 N–H and O–H groups in total. The molecule has 33 heavy (non-hydrogen) atoms. The largest absolute Gasteiger partial charge is 0.497 e. The average Bonchev–Trinajstić information content (AvgIpc) is 2.77. The molecule has 180 valence electrons. The molecular formula is C24H33N3O5S. The van der Waals surface area contributed by atoms with E-state index in [-0.39, 0.29) is 12.5 Å². The average molecular weight is 476 g/mol. The third kappa shape index (κ3) is 6.47. The lowest BCUT2D eigenvalue weighted by Gasteiger charge is -2.33. The Hall–Kier alpha value is -3.07. The minimum atomic E-state index is -3.77. The fourth-order valence-corrected chi connectivity index (χ4v) is 4.79. The maximum absolute atomic E-state index is 13.6. The van der Waals surface area contributed by atoms with Crippen LogP contribution in [-0.2, 0) is 26.2 Å². The van der Waals surface area contributed by atoms with Crippen molar-refractivity contribution in [2.24, 2.45) is 0 Å². The molecule has 2 amide bonds. The quantitative estimate of drug-likeness (QED) is 0.570. The summed E-state index contributed by atoms with van der Waals surface area (Å²) in [6.45, 7) is 5.14. The van der Waals surface area contributed by atoms with Crippen molar-refractivity contribution in [3.8, 4) is 5.75 Å². The summed E-state index contributed by atoms with van der Waals surface area (Å²) < 4.78 is 31.8. The molecule has 0 aromatic heterocycles. The van der Waals surface area contributed by atoms with Crippen molar-refractivity contribution < 1.29 is 22.7 Å². The van der Waals surface area contributed by atoms with Gasteiger partial charge in [0, 0.05) is 13.6 Å². The van der Waals surface area contributed by atoms with Gasteiger partial charge in [-0.25, -0.2) is 8.42 Å². The van der Waals surface area contributed by atoms with Crippen molar-refractivity contribution in [2.75, 3.05) is 31.3 Å². The molecular weight excluding hydrogens is 442 g/mol. The van der Waals surface area contributed by atoms with E-state index in [0.29, 0.717) is 17.9 Å². The van der Waals surface area contributed by atoms with E-state index in [1.54, 1.807) is 51.3 Å². The number of para-hydroxylation sites is 1. The molecule has 1 atom stereocenters. The Morgan fingerprint density at radius 3 is 2.21 bits per heavy atom. The minimum absolute atomic E-state index is 0.131. The van der Waals surface area contributed by atoms with Gasteiger partial charge in [0.15, 0.2) is 0 Å². The topological polar surface area (TPSA) is 96.0 Å². The zero-order valence-electron chi connectivity index (χ0n) is 20.1. The number of methoxy groups -OCH3 is 1. The van der Waals surface area contributed by atoms with E-state index in [4.69, 9.17) is 4.74 Å². The predicted molar refractivity (Wildman–Crippen MR) is 130 cm³/mol. The highest BCUT2D eigenvalue weighted by Crippen LogP contribution is 2.27. The minimum Gasteiger partial charge on any atom is -0.497 e. The summed E-state index contributed by atoms with van der Waals surface area (Å²) >= 11 is 0. The van der Waals surface area contributed by atoms with Crippen LogP contribution in [0.3, 0.4) is 0 Å². The predicted octanol–water partition coefficient (Wildman–Crippen LogP) is 2.63. The third-order valence-electron chi connectivity index (χ3n) is 5.49. The molecule has 2 rings (SSSR count). The second kappa shape index (κ2) is 11.2. The lowest BCUT2D eigenvalue weighted by molar-refractivity contribution is -0.140. The number of nitrogens with zero attached hydrogens (tertiary/aromatic N) is 2. The zero-order chi connectivity index (χ0) is 24.8. The second-order valence-electron chi connectivity index (χ2n) is 7.92. The molecule has 0 saturated carbocycles. The molecule has 0 bridgehead atoms. The van der Waals surface area contributed by atoms with E-state index in [1.165, 1.54) is 11.9 Å². The number of carbonyl (C=O) groups excluding carboxylic acids is 2. The molecule has 8 nitrogen and oxygen atoms in total. The number of amides is 2. The Bertz CT molecular complexity index is 1080. The van der Waals surface area contributed by atoms with Crippen LogP contribution >= 0.6 is 0 Å². The van der Waals surface area contributed by atoms with Gasteiger partial charge in [-0.2, -0.15) is 0 Å². The summed E-state index contributed by atoms with van der Waals surface area (Å²) in [5.74, 6) is -0.158. The maximum atomic E-state index is 13.6. The van der Waals surface area contributed by atoms with Crippen molar-refractivity contribution in [1.82, 2.24) is 10.2 Å². The first-order chi connectivity index (χ1) is 15.5. The van der Waals surface area contributed by atoms with Gasteiger partial charge in [0.25, 0.3) is 0 Å². The summed E-state index contributed by atoms with van der Waals surface area (Å²) in [6.07, 6.45) is 1.45. The zero-order valence-corrected chi connectivity index (χ0v) is 20.9. The summed E-state index contributed by atoms with van der Waals surface area (Å²) in [5, 5.41) is 2.60. The van der Waals surface area contributed by atoms with E-state index < -0.39 is 28.5 Å². The molecule has 0 spiro atoms. The molecule has 2 aromatic carbocycles. The number of benzene rings is 2. The molecule has 0 aliphatic rings. The monoisotopic (exact) mass is 475 g/mol. The summed E-state index contributed by atoms with van der Waals surface area (Å²) in [5.41, 5.74) is 2.72. The second-order valence-corrected chi connectivity index (χ2v) is 9.83. The molecule has 0 fully saturated rings. The number of sulfonamides is 1. The van der Waals surface area contributed by atoms with E-state index >= 15 is 0 Å². The van der Waals surface area contributed by atoms with Crippen LogP contribution in [0.5, 0.6) is 5.75 Å². The third-order valence-corrected chi connectivity index (χ3v) is 6.60. The molecule has 0 radical (unpaired) electrons. The highest BCUT2D eigenvalue weighted by Gasteiger charge is 2.32. The van der Waals surface area contributed by atoms with E-state index in [1.807, 2.05) is 19.1 Å². The van der Waals surface area contributed by atoms with Crippen molar-refractivity contribution in [1.29, 1.82) is 0 Å². The lowest BCUT2D eigenvalue weighted by atomic mass is 10.1. The fourth-order valence-electron chi connectivity index (χ4n) is 3.83. The van der Waals surface area contributed by atoms with Gasteiger partial charge in [0.2, 0.25) is 21.8 Å². The van der Waals surface area contributed by atoms with Crippen molar-refractivity contribution in [3.05, 3.63) is 59.2 Å². The van der Waals surface area contributed by atoms with Gasteiger partial charge in [0.05, 0.1) is 19.1 Å². The number of carbonyl (C=O) groups is 2. The van der Waals surface area contributed by atoms with Crippen LogP contribution in [0.1, 0.15) is 30.0 Å². The first-order valence-corrected chi connectivity index (χ1v) is 12.6. The molecule has 0 heterocycles. The number of aryl methyl sites for hydroxylation is 2. The highest BCUT2D eigenvalue weighted by molar-refractivity contribution is 7.92. The van der Waals surface area contributed by atoms with E-state index in [0.717, 1.165) is 27.3 Å². The van der Waals surface area contributed by atoms with Crippen LogP contribution in [0, 0.1) is 13.8 Å². The standard InChI is InChI=1S/C24H33N3O5S/c1-7-21(24(29)25-4)26(15-19-12-9-13-20(14-19)32-5)22(28)16-27(33(6,30)31)23-17(2)10-8-11-18(23)3/h8-14,21H,7,15-16H2,1-6H3,(H,25,29)/t21-/m1/s1. The lowest BCUT2D eigenvalue weighted by Crippen LogP contribution is -2.51. The van der Waals surface area contributed by atoms with E-state index in [2.05, 4.69) is 5.32 Å². The molecule has 0 aliphatic heterocycles. The highest BCUT2D eigenvalue weighted by atomic mass is 32.2. The first-order valence-electron chi connectivity index (χ1n) is 10.7. The summed E-state index contributed by atoms with van der Waals surface area (Å²) in [6, 6.07) is 11.9. The first kappa shape index (κ1) is 26.2. The van der Waals surface area contributed by atoms with Gasteiger partial charge in [-0.05, 0) is 49.1 Å². The normalized spacial score (nSPS) is 12.1. The van der Waals surface area contributed by atoms with Crippen LogP contribution in [-0.4, -0.2) is 58.1 Å². The van der Waals surface area contributed by atoms with Crippen molar-refractivity contribution in [2.45, 2.75) is 39.8 Å². The number of anilines is 1. The fraction of sp³-hybridized carbons (Fsp3) is 0.417. The Morgan fingerprint density at radius 1 is 1.09 bits per heavy atom. The Kier molecular flexibility index (Phi) is 8.87. The molecule has 0 unspecified atom stereocenters. The molecule has 0 aliphatic carbocycles. The van der Waals surface area contributed by atoms with Gasteiger partial charge in [-0.15, -0.1) is 0 Å². The Morgan fingerprint density at radius 2 is 1.70 bits per heavy atom. The maximum Gasteiger partial charge on any atom is 0.244 e. The van der Waals surface area contributed by atoms with Crippen LogP contribution < -0.4 is 14.4 Å². The number of likely N-dealkylation sites (N-methyl/N-ethyl adjacent to an activating group) is 1. The van der Waals surface area contributed by atoms with Gasteiger partial charge in [-0.1, -0.05) is 37.3 Å². The summed E-state index contributed by atoms with van der Waals surface area (Å²) in [4.78, 5) is 27.6. The van der Waals surface area contributed by atoms with Gasteiger partial charge in [-0.3, -0.25) is 13.9 Å². The van der Waals surface area contributed by atoms with Crippen LogP contribution in [0.25, 0.3) is 0 Å². The number of nitrogens with one attached hydrogen (secondary N) is 1.